The first kappa shape index (κ1) is 15.0. The molecule has 0 spiro atoms. The van der Waals surface area contributed by atoms with Gasteiger partial charge in [0.05, 0.1) is 18.1 Å². The van der Waals surface area contributed by atoms with Gasteiger partial charge in [-0.15, -0.1) is 0 Å². The van der Waals surface area contributed by atoms with Crippen molar-refractivity contribution in [3.05, 3.63) is 56.1 Å². The fourth-order valence-electron chi connectivity index (χ4n) is 1.86. The summed E-state index contributed by atoms with van der Waals surface area (Å²) in [6.45, 7) is 2.21. The molecule has 2 rings (SSSR count). The van der Waals surface area contributed by atoms with Crippen LogP contribution in [0.5, 0.6) is 0 Å². The molecule has 108 valence electrons. The maximum atomic E-state index is 11.7. The van der Waals surface area contributed by atoms with Gasteiger partial charge in [-0.1, -0.05) is 29.5 Å². The molecule has 0 bridgehead atoms. The van der Waals surface area contributed by atoms with Gasteiger partial charge in [0.1, 0.15) is 6.61 Å². The summed E-state index contributed by atoms with van der Waals surface area (Å²) in [6, 6.07) is 9.03. The Morgan fingerprint density at radius 1 is 1.43 bits per heavy atom. The second-order valence-electron chi connectivity index (χ2n) is 4.47. The number of thiazole rings is 1. The van der Waals surface area contributed by atoms with Crippen LogP contribution in [0.4, 0.5) is 0 Å². The van der Waals surface area contributed by atoms with Gasteiger partial charge in [-0.3, -0.25) is 9.59 Å². The second-order valence-corrected chi connectivity index (χ2v) is 5.29. The third-order valence-corrected chi connectivity index (χ3v) is 3.92. The molecule has 5 nitrogen and oxygen atoms in total. The fourth-order valence-corrected chi connectivity index (χ4v) is 2.62. The molecule has 0 N–H and O–H groups in total. The van der Waals surface area contributed by atoms with Gasteiger partial charge in [0.2, 0.25) is 0 Å². The Morgan fingerprint density at radius 2 is 2.19 bits per heavy atom. The number of hydrogen-bond acceptors (Lipinski definition) is 5. The van der Waals surface area contributed by atoms with E-state index in [9.17, 15) is 9.59 Å². The summed E-state index contributed by atoms with van der Waals surface area (Å²) in [7, 11) is 0. The minimum atomic E-state index is -0.389. The lowest BCUT2D eigenvalue weighted by molar-refractivity contribution is -0.145. The largest absolute Gasteiger partial charge is 0.461 e. The van der Waals surface area contributed by atoms with Gasteiger partial charge in [0.15, 0.2) is 0 Å². The lowest BCUT2D eigenvalue weighted by Gasteiger charge is -2.07. The maximum Gasteiger partial charge on any atom is 0.307 e. The number of carbonyl (C=O) groups excluding carboxylic acids is 1. The van der Waals surface area contributed by atoms with Crippen LogP contribution >= 0.6 is 11.3 Å². The highest BCUT2D eigenvalue weighted by atomic mass is 32.1. The summed E-state index contributed by atoms with van der Waals surface area (Å²) in [5.74, 6) is -0.389. The fraction of sp³-hybridized carbons (Fsp3) is 0.267. The highest BCUT2D eigenvalue weighted by Crippen LogP contribution is 2.09. The molecule has 0 atom stereocenters. The van der Waals surface area contributed by atoms with Crippen LogP contribution in [0.2, 0.25) is 0 Å². The molecule has 0 unspecified atom stereocenters. The predicted molar refractivity (Wildman–Crippen MR) is 78.9 cm³/mol. The van der Waals surface area contributed by atoms with E-state index in [2.05, 4.69) is 6.07 Å². The van der Waals surface area contributed by atoms with Gasteiger partial charge in [-0.25, -0.2) is 0 Å². The second kappa shape index (κ2) is 6.86. The smallest absolute Gasteiger partial charge is 0.307 e. The number of ether oxygens (including phenoxy) is 1. The van der Waals surface area contributed by atoms with Crippen molar-refractivity contribution in [1.82, 2.24) is 4.57 Å². The topological polar surface area (TPSA) is 72.1 Å². The molecule has 2 aromatic rings. The molecule has 0 fully saturated rings. The quantitative estimate of drug-likeness (QED) is 0.794. The zero-order chi connectivity index (χ0) is 15.2. The molecule has 0 saturated heterocycles. The standard InChI is InChI=1S/C15H14N2O3S/c1-11-10-21-15(19)17(11)7-6-14(18)20-9-13-5-3-2-4-12(13)8-16/h2-5,10H,6-7,9H2,1H3. The zero-order valence-electron chi connectivity index (χ0n) is 11.5. The first-order valence-corrected chi connectivity index (χ1v) is 7.28. The van der Waals surface area contributed by atoms with Crippen molar-refractivity contribution < 1.29 is 9.53 Å². The van der Waals surface area contributed by atoms with Crippen LogP contribution in [-0.4, -0.2) is 10.5 Å². The van der Waals surface area contributed by atoms with E-state index < -0.39 is 0 Å². The maximum absolute atomic E-state index is 11.7. The number of rotatable bonds is 5. The van der Waals surface area contributed by atoms with Gasteiger partial charge in [-0.2, -0.15) is 5.26 Å². The van der Waals surface area contributed by atoms with Gasteiger partial charge in [0, 0.05) is 23.2 Å². The minimum absolute atomic E-state index is 0.0695. The van der Waals surface area contributed by atoms with Gasteiger partial charge in [0.25, 0.3) is 0 Å². The summed E-state index contributed by atoms with van der Waals surface area (Å²) >= 11 is 1.12. The van der Waals surface area contributed by atoms with E-state index in [4.69, 9.17) is 10.00 Å². The van der Waals surface area contributed by atoms with Gasteiger partial charge >= 0.3 is 10.8 Å². The Hall–Kier alpha value is -2.39. The molecule has 0 saturated carbocycles. The monoisotopic (exact) mass is 302 g/mol. The van der Waals surface area contributed by atoms with E-state index in [1.165, 1.54) is 0 Å². The number of aromatic nitrogens is 1. The number of aryl methyl sites for hydroxylation is 1. The lowest BCUT2D eigenvalue weighted by atomic mass is 10.1. The van der Waals surface area contributed by atoms with E-state index in [0.717, 1.165) is 17.0 Å². The summed E-state index contributed by atoms with van der Waals surface area (Å²) < 4.78 is 6.70. The first-order chi connectivity index (χ1) is 10.1. The number of nitrogens with zero attached hydrogens (tertiary/aromatic N) is 2. The molecule has 0 amide bonds. The van der Waals surface area contributed by atoms with E-state index in [1.54, 1.807) is 34.2 Å². The van der Waals surface area contributed by atoms with Gasteiger partial charge in [-0.05, 0) is 13.0 Å². The summed E-state index contributed by atoms with van der Waals surface area (Å²) in [5.41, 5.74) is 2.01. The van der Waals surface area contributed by atoms with Crippen LogP contribution in [0.25, 0.3) is 0 Å². The Kier molecular flexibility index (Phi) is 4.90. The van der Waals surface area contributed by atoms with E-state index in [-0.39, 0.29) is 23.9 Å². The molecule has 0 radical (unpaired) electrons. The van der Waals surface area contributed by atoms with Crippen molar-refractivity contribution in [2.24, 2.45) is 0 Å². The minimum Gasteiger partial charge on any atom is -0.461 e. The molecule has 6 heteroatoms. The Balaban J connectivity index is 1.89. The lowest BCUT2D eigenvalue weighted by Crippen LogP contribution is -2.18. The van der Waals surface area contributed by atoms with Crippen LogP contribution in [0.1, 0.15) is 23.2 Å². The average Bonchev–Trinajstić information content (AvgIpc) is 2.82. The Morgan fingerprint density at radius 3 is 2.86 bits per heavy atom. The highest BCUT2D eigenvalue weighted by molar-refractivity contribution is 7.07. The number of nitriles is 1. The van der Waals surface area contributed by atoms with Crippen LogP contribution in [0, 0.1) is 18.3 Å². The van der Waals surface area contributed by atoms with Crippen molar-refractivity contribution in [3.8, 4) is 6.07 Å². The Labute approximate surface area is 126 Å². The van der Waals surface area contributed by atoms with E-state index in [0.29, 0.717) is 17.7 Å². The highest BCUT2D eigenvalue weighted by Gasteiger charge is 2.09. The van der Waals surface area contributed by atoms with Crippen molar-refractivity contribution >= 4 is 17.3 Å². The van der Waals surface area contributed by atoms with Crippen LogP contribution in [-0.2, 0) is 22.7 Å². The third-order valence-electron chi connectivity index (χ3n) is 3.04. The molecule has 0 aliphatic carbocycles. The zero-order valence-corrected chi connectivity index (χ0v) is 12.4. The molecular weight excluding hydrogens is 288 g/mol. The molecular formula is C15H14N2O3S. The summed E-state index contributed by atoms with van der Waals surface area (Å²) in [6.07, 6.45) is 0.131. The molecule has 1 heterocycles. The molecule has 0 aliphatic rings. The molecule has 1 aromatic carbocycles. The van der Waals surface area contributed by atoms with Crippen LogP contribution in [0.15, 0.2) is 34.4 Å². The van der Waals surface area contributed by atoms with Crippen molar-refractivity contribution in [2.45, 2.75) is 26.5 Å². The number of esters is 1. The van der Waals surface area contributed by atoms with Crippen LogP contribution < -0.4 is 4.87 Å². The molecule has 0 aliphatic heterocycles. The average molecular weight is 302 g/mol. The molecule has 1 aromatic heterocycles. The third kappa shape index (κ3) is 3.80. The predicted octanol–water partition coefficient (Wildman–Crippen LogP) is 2.22. The molecule has 21 heavy (non-hydrogen) atoms. The number of benzene rings is 1. The first-order valence-electron chi connectivity index (χ1n) is 6.40. The van der Waals surface area contributed by atoms with Crippen molar-refractivity contribution in [1.29, 1.82) is 5.26 Å². The summed E-state index contributed by atoms with van der Waals surface area (Å²) in [5, 5.41) is 10.7. The van der Waals surface area contributed by atoms with Crippen molar-refractivity contribution in [2.75, 3.05) is 0 Å². The van der Waals surface area contributed by atoms with Crippen molar-refractivity contribution in [3.63, 3.8) is 0 Å². The van der Waals surface area contributed by atoms with E-state index >= 15 is 0 Å². The SMILES string of the molecule is Cc1csc(=O)n1CCC(=O)OCc1ccccc1C#N. The van der Waals surface area contributed by atoms with Crippen LogP contribution in [0.3, 0.4) is 0 Å². The van der Waals surface area contributed by atoms with E-state index in [1.807, 2.05) is 6.92 Å². The normalized spacial score (nSPS) is 10.1. The number of hydrogen-bond donors (Lipinski definition) is 0. The summed E-state index contributed by atoms with van der Waals surface area (Å²) in [4.78, 5) is 23.2. The van der Waals surface area contributed by atoms with Gasteiger partial charge < -0.3 is 9.30 Å². The number of carbonyl (C=O) groups is 1. The Bertz CT molecular complexity index is 740.